The Labute approximate surface area is 91.1 Å². The highest BCUT2D eigenvalue weighted by Crippen LogP contribution is 2.54. The van der Waals surface area contributed by atoms with Gasteiger partial charge < -0.3 is 4.90 Å². The van der Waals surface area contributed by atoms with Crippen molar-refractivity contribution in [1.82, 2.24) is 4.90 Å². The molecule has 3 heteroatoms. The van der Waals surface area contributed by atoms with Crippen molar-refractivity contribution < 1.29 is 4.79 Å². The third-order valence-electron chi connectivity index (χ3n) is 3.99. The normalized spacial score (nSPS) is 34.1. The quantitative estimate of drug-likeness (QED) is 0.706. The Balaban J connectivity index is 1.87. The number of nitriles is 1. The first-order chi connectivity index (χ1) is 7.13. The molecule has 0 aromatic carbocycles. The van der Waals surface area contributed by atoms with Gasteiger partial charge >= 0.3 is 0 Å². The van der Waals surface area contributed by atoms with Crippen LogP contribution in [-0.2, 0) is 4.79 Å². The average Bonchev–Trinajstić information content (AvgIpc) is 2.84. The summed E-state index contributed by atoms with van der Waals surface area (Å²) in [6.45, 7) is 1.94. The van der Waals surface area contributed by atoms with E-state index in [1.807, 2.05) is 14.0 Å². The van der Waals surface area contributed by atoms with Crippen LogP contribution in [-0.4, -0.2) is 23.9 Å². The number of nitrogens with zero attached hydrogens (tertiary/aromatic N) is 2. The van der Waals surface area contributed by atoms with Gasteiger partial charge in [-0.2, -0.15) is 5.26 Å². The topological polar surface area (TPSA) is 44.1 Å². The second-order valence-corrected chi connectivity index (χ2v) is 5.08. The van der Waals surface area contributed by atoms with E-state index in [4.69, 9.17) is 5.26 Å². The van der Waals surface area contributed by atoms with Gasteiger partial charge in [-0.05, 0) is 38.0 Å². The summed E-state index contributed by atoms with van der Waals surface area (Å²) in [6.07, 6.45) is 3.96. The molecule has 0 aromatic rings. The minimum Gasteiger partial charge on any atom is -0.342 e. The Hall–Kier alpha value is -1.04. The predicted molar refractivity (Wildman–Crippen MR) is 56.8 cm³/mol. The lowest BCUT2D eigenvalue weighted by molar-refractivity contribution is -0.136. The van der Waals surface area contributed by atoms with Crippen molar-refractivity contribution in [1.29, 1.82) is 5.26 Å². The number of hydrogen-bond acceptors (Lipinski definition) is 2. The van der Waals surface area contributed by atoms with Crippen LogP contribution in [0.1, 0.15) is 32.6 Å². The Bertz CT molecular complexity index is 297. The summed E-state index contributed by atoms with van der Waals surface area (Å²) in [5.74, 6) is 2.20. The van der Waals surface area contributed by atoms with Gasteiger partial charge in [0.25, 0.3) is 0 Å². The second kappa shape index (κ2) is 3.84. The smallest absolute Gasteiger partial charge is 0.225 e. The van der Waals surface area contributed by atoms with Crippen LogP contribution in [0.4, 0.5) is 0 Å². The number of rotatable bonds is 3. The molecule has 0 aliphatic heterocycles. The predicted octanol–water partition coefficient (Wildman–Crippen LogP) is 1.79. The molecule has 0 saturated heterocycles. The van der Waals surface area contributed by atoms with Crippen LogP contribution in [0.5, 0.6) is 0 Å². The summed E-state index contributed by atoms with van der Waals surface area (Å²) in [4.78, 5) is 13.8. The zero-order chi connectivity index (χ0) is 11.0. The van der Waals surface area contributed by atoms with Crippen molar-refractivity contribution in [3.63, 3.8) is 0 Å². The summed E-state index contributed by atoms with van der Waals surface area (Å²) in [7, 11) is 1.83. The van der Waals surface area contributed by atoms with E-state index in [0.29, 0.717) is 6.42 Å². The first kappa shape index (κ1) is 10.5. The molecule has 1 amide bonds. The molecule has 0 radical (unpaired) electrons. The van der Waals surface area contributed by atoms with Crippen LogP contribution in [0.15, 0.2) is 0 Å². The summed E-state index contributed by atoms with van der Waals surface area (Å²) in [5, 5.41) is 8.59. The van der Waals surface area contributed by atoms with Crippen LogP contribution in [0.2, 0.25) is 0 Å². The molecule has 2 aliphatic rings. The highest BCUT2D eigenvalue weighted by atomic mass is 16.2. The highest BCUT2D eigenvalue weighted by Gasteiger charge is 2.48. The zero-order valence-electron chi connectivity index (χ0n) is 9.44. The van der Waals surface area contributed by atoms with Crippen LogP contribution in [0.3, 0.4) is 0 Å². The van der Waals surface area contributed by atoms with Gasteiger partial charge in [-0.1, -0.05) is 0 Å². The monoisotopic (exact) mass is 206 g/mol. The molecule has 3 nitrogen and oxygen atoms in total. The Kier molecular flexibility index (Phi) is 2.68. The van der Waals surface area contributed by atoms with E-state index in [0.717, 1.165) is 24.7 Å². The van der Waals surface area contributed by atoms with E-state index < -0.39 is 0 Å². The summed E-state index contributed by atoms with van der Waals surface area (Å²) in [6, 6.07) is 2.17. The first-order valence-corrected chi connectivity index (χ1v) is 5.77. The molecule has 0 N–H and O–H groups in total. The van der Waals surface area contributed by atoms with Gasteiger partial charge in [0.15, 0.2) is 0 Å². The molecule has 0 bridgehead atoms. The molecular weight excluding hydrogens is 188 g/mol. The highest BCUT2D eigenvalue weighted by molar-refractivity contribution is 5.79. The van der Waals surface area contributed by atoms with Crippen LogP contribution in [0.25, 0.3) is 0 Å². The number of amides is 1. The van der Waals surface area contributed by atoms with Crippen molar-refractivity contribution in [3.05, 3.63) is 0 Å². The summed E-state index contributed by atoms with van der Waals surface area (Å²) < 4.78 is 0. The maximum Gasteiger partial charge on any atom is 0.225 e. The molecule has 2 saturated carbocycles. The van der Waals surface area contributed by atoms with Crippen LogP contribution in [0, 0.1) is 29.1 Å². The standard InChI is InChI=1S/C12H18N2O/c1-8(3-4-13)14(2)12(15)11-6-9-5-10(9)7-11/h8-11H,3,5-7H2,1-2H3. The van der Waals surface area contributed by atoms with Gasteiger partial charge in [-0.3, -0.25) is 4.79 Å². The molecule has 0 heterocycles. The first-order valence-electron chi connectivity index (χ1n) is 5.77. The van der Waals surface area contributed by atoms with Gasteiger partial charge in [0.2, 0.25) is 5.91 Å². The molecule has 0 aromatic heterocycles. The van der Waals surface area contributed by atoms with Crippen molar-refractivity contribution in [3.8, 4) is 6.07 Å². The maximum atomic E-state index is 12.0. The number of carbonyl (C=O) groups excluding carboxylic acids is 1. The minimum absolute atomic E-state index is 0.0550. The van der Waals surface area contributed by atoms with Crippen LogP contribution < -0.4 is 0 Å². The second-order valence-electron chi connectivity index (χ2n) is 5.08. The number of fused-ring (bicyclic) bond motifs is 1. The molecule has 0 spiro atoms. The van der Waals surface area contributed by atoms with E-state index in [1.165, 1.54) is 6.42 Å². The van der Waals surface area contributed by atoms with Gasteiger partial charge in [0, 0.05) is 19.0 Å². The van der Waals surface area contributed by atoms with Gasteiger partial charge in [-0.25, -0.2) is 0 Å². The van der Waals surface area contributed by atoms with E-state index in [1.54, 1.807) is 4.90 Å². The fourth-order valence-electron chi connectivity index (χ4n) is 2.69. The SMILES string of the molecule is CC(CC#N)N(C)C(=O)C1CC2CC2C1. The largest absolute Gasteiger partial charge is 0.342 e. The Morgan fingerprint density at radius 1 is 1.47 bits per heavy atom. The van der Waals surface area contributed by atoms with Crippen molar-refractivity contribution in [2.45, 2.75) is 38.6 Å². The van der Waals surface area contributed by atoms with E-state index in [-0.39, 0.29) is 17.9 Å². The van der Waals surface area contributed by atoms with Crippen molar-refractivity contribution >= 4 is 5.91 Å². The molecule has 3 unspecified atom stereocenters. The molecular formula is C12H18N2O. The molecule has 15 heavy (non-hydrogen) atoms. The maximum absolute atomic E-state index is 12.0. The lowest BCUT2D eigenvalue weighted by Gasteiger charge is -2.26. The van der Waals surface area contributed by atoms with E-state index >= 15 is 0 Å². The van der Waals surface area contributed by atoms with E-state index in [2.05, 4.69) is 6.07 Å². The third kappa shape index (κ3) is 1.99. The summed E-state index contributed by atoms with van der Waals surface area (Å²) in [5.41, 5.74) is 0. The molecule has 2 fully saturated rings. The third-order valence-corrected chi connectivity index (χ3v) is 3.99. The Morgan fingerprint density at radius 2 is 2.07 bits per heavy atom. The van der Waals surface area contributed by atoms with Gasteiger partial charge in [0.05, 0.1) is 12.5 Å². The fourth-order valence-corrected chi connectivity index (χ4v) is 2.69. The van der Waals surface area contributed by atoms with Crippen LogP contribution >= 0.6 is 0 Å². The average molecular weight is 206 g/mol. The summed E-state index contributed by atoms with van der Waals surface area (Å²) >= 11 is 0. The zero-order valence-corrected chi connectivity index (χ0v) is 9.44. The molecule has 82 valence electrons. The van der Waals surface area contributed by atoms with Crippen molar-refractivity contribution in [2.24, 2.45) is 17.8 Å². The fraction of sp³-hybridized carbons (Fsp3) is 0.833. The molecule has 2 rings (SSSR count). The number of carbonyl (C=O) groups is 1. The van der Waals surface area contributed by atoms with Gasteiger partial charge in [0.1, 0.15) is 0 Å². The van der Waals surface area contributed by atoms with E-state index in [9.17, 15) is 4.79 Å². The lowest BCUT2D eigenvalue weighted by atomic mass is 10.0. The molecule has 2 aliphatic carbocycles. The number of hydrogen-bond donors (Lipinski definition) is 0. The van der Waals surface area contributed by atoms with Crippen molar-refractivity contribution in [2.75, 3.05) is 7.05 Å². The Morgan fingerprint density at radius 3 is 2.60 bits per heavy atom. The van der Waals surface area contributed by atoms with Gasteiger partial charge in [-0.15, -0.1) is 0 Å². The lowest BCUT2D eigenvalue weighted by Crippen LogP contribution is -2.38. The molecule has 3 atom stereocenters. The minimum atomic E-state index is 0.0550.